The topological polar surface area (TPSA) is 92.7 Å². The van der Waals surface area contributed by atoms with Gasteiger partial charge < -0.3 is 24.0 Å². The minimum atomic E-state index is -4.84. The van der Waals surface area contributed by atoms with Crippen LogP contribution in [0, 0.1) is 0 Å². The molecule has 0 fully saturated rings. The van der Waals surface area contributed by atoms with Crippen LogP contribution in [-0.2, 0) is 28.6 Å². The Morgan fingerprint density at radius 1 is 1.56 bits per heavy atom. The first-order valence-corrected chi connectivity index (χ1v) is 3.30. The molecule has 0 aromatic heterocycles. The number of aliphatic hydroxyl groups excluding tert-OH is 1. The van der Waals surface area contributed by atoms with E-state index in [1.165, 1.54) is 0 Å². The molecule has 0 aromatic rings. The smallest absolute Gasteiger partial charge is 0.790 e. The molecule has 1 N–H and O–H groups in total. The molecule has 0 aliphatic rings. The molecule has 0 unspecified atom stereocenters. The summed E-state index contributed by atoms with van der Waals surface area (Å²) < 4.78 is 13.1. The molecule has 0 heterocycles. The fraction of sp³-hybridized carbons (Fsp3) is 1.00. The fourth-order valence-corrected chi connectivity index (χ4v) is 0.458. The van der Waals surface area contributed by atoms with Gasteiger partial charge in [-0.25, -0.2) is 0 Å². The van der Waals surface area contributed by atoms with E-state index in [2.05, 4.69) is 4.52 Å². The number of rotatable bonds is 3. The van der Waals surface area contributed by atoms with Crippen molar-refractivity contribution in [1.29, 1.82) is 0 Å². The Bertz CT molecular complexity index is 99.1. The van der Waals surface area contributed by atoms with Crippen molar-refractivity contribution in [3.63, 3.8) is 0 Å². The normalized spacial score (nSPS) is 10.6. The van der Waals surface area contributed by atoms with Crippen molar-refractivity contribution in [3.8, 4) is 0 Å². The van der Waals surface area contributed by atoms with Gasteiger partial charge in [0.05, 0.1) is 21.0 Å². The summed E-state index contributed by atoms with van der Waals surface area (Å²) in [6, 6.07) is 0. The third-order valence-corrected chi connectivity index (χ3v) is 0.839. The Morgan fingerprint density at radius 3 is 2.11 bits per heavy atom. The Labute approximate surface area is 65.0 Å². The van der Waals surface area contributed by atoms with Gasteiger partial charge in [-0.05, 0) is 0 Å². The predicted octanol–water partition coefficient (Wildman–Crippen LogP) is -2.18. The number of phosphoric acid groups is 1. The second-order valence-corrected chi connectivity index (χ2v) is 2.16. The van der Waals surface area contributed by atoms with Crippen LogP contribution in [0.25, 0.3) is 0 Å². The molecular formula is C2H5O5PZn. The second-order valence-electron chi connectivity index (χ2n) is 1.00. The zero-order chi connectivity index (χ0) is 6.62. The molecule has 0 amide bonds. The summed E-state index contributed by atoms with van der Waals surface area (Å²) in [6.07, 6.45) is 0. The van der Waals surface area contributed by atoms with Crippen LogP contribution in [0.2, 0.25) is 0 Å². The van der Waals surface area contributed by atoms with E-state index < -0.39 is 21.0 Å². The fourth-order valence-electron chi connectivity index (χ4n) is 0.153. The van der Waals surface area contributed by atoms with Gasteiger partial charge in [0.15, 0.2) is 0 Å². The van der Waals surface area contributed by atoms with E-state index >= 15 is 0 Å². The van der Waals surface area contributed by atoms with Crippen LogP contribution in [0.5, 0.6) is 0 Å². The van der Waals surface area contributed by atoms with Gasteiger partial charge in [0.2, 0.25) is 0 Å². The molecular weight excluding hydrogens is 200 g/mol. The van der Waals surface area contributed by atoms with Crippen LogP contribution in [0.4, 0.5) is 0 Å². The molecule has 9 heavy (non-hydrogen) atoms. The number of phosphoric ester groups is 1. The van der Waals surface area contributed by atoms with Gasteiger partial charge in [-0.15, -0.1) is 0 Å². The minimum Gasteiger partial charge on any atom is -0.790 e. The Balaban J connectivity index is 0. The van der Waals surface area contributed by atoms with Crippen molar-refractivity contribution < 1.29 is 43.5 Å². The van der Waals surface area contributed by atoms with Gasteiger partial charge in [0.25, 0.3) is 0 Å². The molecule has 0 bridgehead atoms. The second kappa shape index (κ2) is 5.48. The summed E-state index contributed by atoms with van der Waals surface area (Å²) in [5.41, 5.74) is 0. The van der Waals surface area contributed by atoms with Crippen molar-refractivity contribution in [1.82, 2.24) is 0 Å². The van der Waals surface area contributed by atoms with Crippen LogP contribution in [0.3, 0.4) is 0 Å². The van der Waals surface area contributed by atoms with Crippen molar-refractivity contribution in [2.75, 3.05) is 13.2 Å². The van der Waals surface area contributed by atoms with Gasteiger partial charge in [-0.1, -0.05) is 0 Å². The average molecular weight is 205 g/mol. The summed E-state index contributed by atoms with van der Waals surface area (Å²) in [5.74, 6) is 0. The molecule has 7 heteroatoms. The molecule has 0 radical (unpaired) electrons. The van der Waals surface area contributed by atoms with E-state index in [0.29, 0.717) is 0 Å². The van der Waals surface area contributed by atoms with Crippen molar-refractivity contribution in [3.05, 3.63) is 0 Å². The minimum absolute atomic E-state index is 0. The van der Waals surface area contributed by atoms with E-state index in [1.54, 1.807) is 0 Å². The summed E-state index contributed by atoms with van der Waals surface area (Å²) >= 11 is 0. The molecule has 0 aliphatic carbocycles. The van der Waals surface area contributed by atoms with Crippen LogP contribution in [0.15, 0.2) is 0 Å². The van der Waals surface area contributed by atoms with Gasteiger partial charge in [0, 0.05) is 0 Å². The molecule has 0 saturated heterocycles. The molecule has 50 valence electrons. The van der Waals surface area contributed by atoms with Crippen LogP contribution >= 0.6 is 7.82 Å². The summed E-state index contributed by atoms with van der Waals surface area (Å²) in [7, 11) is -4.84. The SMILES string of the molecule is O=P([O-])([O-])OCCO.[Zn+2]. The Hall–Kier alpha value is 0.693. The maximum atomic E-state index is 9.53. The third-order valence-electron chi connectivity index (χ3n) is 0.341. The molecule has 0 aromatic carbocycles. The Kier molecular flexibility index (Phi) is 7.53. The quantitative estimate of drug-likeness (QED) is 0.418. The number of hydrogen-bond acceptors (Lipinski definition) is 5. The number of hydrogen-bond donors (Lipinski definition) is 1. The first-order chi connectivity index (χ1) is 3.56. The van der Waals surface area contributed by atoms with Crippen molar-refractivity contribution in [2.45, 2.75) is 0 Å². The summed E-state index contributed by atoms with van der Waals surface area (Å²) in [4.78, 5) is 19.1. The number of aliphatic hydroxyl groups is 1. The van der Waals surface area contributed by atoms with Crippen LogP contribution in [0.1, 0.15) is 0 Å². The Morgan fingerprint density at radius 2 is 2.00 bits per heavy atom. The van der Waals surface area contributed by atoms with E-state index in [1.807, 2.05) is 0 Å². The van der Waals surface area contributed by atoms with Crippen LogP contribution in [-0.4, -0.2) is 18.3 Å². The maximum Gasteiger partial charge on any atom is 2.00 e. The zero-order valence-electron chi connectivity index (χ0n) is 4.65. The van der Waals surface area contributed by atoms with Crippen molar-refractivity contribution >= 4 is 7.82 Å². The van der Waals surface area contributed by atoms with Crippen LogP contribution < -0.4 is 9.79 Å². The van der Waals surface area contributed by atoms with E-state index in [9.17, 15) is 14.4 Å². The van der Waals surface area contributed by atoms with E-state index in [4.69, 9.17) is 5.11 Å². The standard InChI is InChI=1S/C2H7O5P.Zn/c3-1-2-7-8(4,5)6;/h3H,1-2H2,(H2,4,5,6);/q;+2/p-2. The van der Waals surface area contributed by atoms with E-state index in [0.717, 1.165) is 0 Å². The maximum absolute atomic E-state index is 9.53. The predicted molar refractivity (Wildman–Crippen MR) is 20.6 cm³/mol. The molecule has 0 spiro atoms. The summed E-state index contributed by atoms with van der Waals surface area (Å²) in [5, 5.41) is 7.91. The van der Waals surface area contributed by atoms with Gasteiger partial charge in [0.1, 0.15) is 0 Å². The molecule has 0 aliphatic heterocycles. The van der Waals surface area contributed by atoms with Gasteiger partial charge >= 0.3 is 19.5 Å². The molecule has 5 nitrogen and oxygen atoms in total. The summed E-state index contributed by atoms with van der Waals surface area (Å²) in [6.45, 7) is -0.918. The zero-order valence-corrected chi connectivity index (χ0v) is 8.51. The average Bonchev–Trinajstić information content (AvgIpc) is 1.59. The van der Waals surface area contributed by atoms with Gasteiger partial charge in [-0.3, -0.25) is 0 Å². The first kappa shape index (κ1) is 12.4. The molecule has 0 rings (SSSR count). The monoisotopic (exact) mass is 204 g/mol. The third kappa shape index (κ3) is 12.0. The largest absolute Gasteiger partial charge is 2.00 e. The first-order valence-electron chi connectivity index (χ1n) is 1.84. The van der Waals surface area contributed by atoms with Crippen molar-refractivity contribution in [2.24, 2.45) is 0 Å². The molecule has 0 atom stereocenters. The van der Waals surface area contributed by atoms with Gasteiger partial charge in [-0.2, -0.15) is 0 Å². The molecule has 0 saturated carbocycles. The van der Waals surface area contributed by atoms with E-state index in [-0.39, 0.29) is 19.5 Å².